The molecule has 0 saturated heterocycles. The van der Waals surface area contributed by atoms with Gasteiger partial charge in [-0.1, -0.05) is 11.6 Å². The first-order chi connectivity index (χ1) is 8.69. The minimum atomic E-state index is -0.469. The summed E-state index contributed by atoms with van der Waals surface area (Å²) >= 11 is 5.83. The Morgan fingerprint density at radius 2 is 2.05 bits per heavy atom. The molecule has 1 heterocycles. The summed E-state index contributed by atoms with van der Waals surface area (Å²) in [5.41, 5.74) is 5.32. The number of nitrogens with two attached hydrogens (primary N) is 1. The van der Waals surface area contributed by atoms with E-state index in [1.165, 1.54) is 12.3 Å². The van der Waals surface area contributed by atoms with Crippen LogP contribution in [-0.4, -0.2) is 28.9 Å². The lowest BCUT2D eigenvalue weighted by molar-refractivity contribution is -0.121. The van der Waals surface area contributed by atoms with Crippen molar-refractivity contribution in [1.29, 1.82) is 0 Å². The average molecular weight is 285 g/mol. The molecule has 0 radical (unpaired) electrons. The van der Waals surface area contributed by atoms with Crippen LogP contribution in [0.2, 0.25) is 5.02 Å². The molecule has 0 bridgehead atoms. The summed E-state index contributed by atoms with van der Waals surface area (Å²) in [6, 6.07) is 1.36. The predicted molar refractivity (Wildman–Crippen MR) is 73.9 cm³/mol. The Hall–Kier alpha value is -1.82. The fraction of sp³-hybridized carbons (Fsp3) is 0.417. The molecule has 104 valence electrons. The van der Waals surface area contributed by atoms with Crippen LogP contribution in [0.3, 0.4) is 0 Å². The number of amides is 2. The fourth-order valence-electron chi connectivity index (χ4n) is 1.35. The minimum Gasteiger partial charge on any atom is -0.384 e. The van der Waals surface area contributed by atoms with Crippen LogP contribution in [0.25, 0.3) is 0 Å². The van der Waals surface area contributed by atoms with Gasteiger partial charge in [-0.05, 0) is 26.8 Å². The number of halogens is 1. The van der Waals surface area contributed by atoms with Crippen molar-refractivity contribution >= 4 is 29.2 Å². The SMILES string of the molecule is CC(C)(C)NC(=O)CNC(=O)c1cc(N)ncc1Cl. The summed E-state index contributed by atoms with van der Waals surface area (Å²) in [6.45, 7) is 5.43. The molecular weight excluding hydrogens is 268 g/mol. The molecule has 1 rings (SSSR count). The number of nitrogens with one attached hydrogen (secondary N) is 2. The third-order valence-electron chi connectivity index (χ3n) is 2.05. The highest BCUT2D eigenvalue weighted by Crippen LogP contribution is 2.16. The van der Waals surface area contributed by atoms with E-state index >= 15 is 0 Å². The number of hydrogen-bond acceptors (Lipinski definition) is 4. The van der Waals surface area contributed by atoms with Crippen molar-refractivity contribution in [1.82, 2.24) is 15.6 Å². The molecule has 0 spiro atoms. The van der Waals surface area contributed by atoms with Gasteiger partial charge in [0.05, 0.1) is 17.1 Å². The largest absolute Gasteiger partial charge is 0.384 e. The summed E-state index contributed by atoms with van der Waals surface area (Å²) in [5, 5.41) is 5.38. The third-order valence-corrected chi connectivity index (χ3v) is 2.35. The van der Waals surface area contributed by atoms with E-state index in [1.54, 1.807) is 0 Å². The lowest BCUT2D eigenvalue weighted by atomic mass is 10.1. The van der Waals surface area contributed by atoms with Gasteiger partial charge in [0.15, 0.2) is 0 Å². The van der Waals surface area contributed by atoms with Crippen LogP contribution < -0.4 is 16.4 Å². The van der Waals surface area contributed by atoms with Crippen molar-refractivity contribution in [2.75, 3.05) is 12.3 Å². The predicted octanol–water partition coefficient (Wildman–Crippen LogP) is 0.962. The van der Waals surface area contributed by atoms with Crippen molar-refractivity contribution in [3.8, 4) is 0 Å². The first kappa shape index (κ1) is 15.2. The number of nitrogen functional groups attached to an aromatic ring is 1. The fourth-order valence-corrected chi connectivity index (χ4v) is 1.54. The van der Waals surface area contributed by atoms with Gasteiger partial charge < -0.3 is 16.4 Å². The van der Waals surface area contributed by atoms with E-state index in [2.05, 4.69) is 15.6 Å². The molecule has 7 heteroatoms. The van der Waals surface area contributed by atoms with E-state index in [0.717, 1.165) is 0 Å². The molecule has 4 N–H and O–H groups in total. The maximum absolute atomic E-state index is 11.8. The Kier molecular flexibility index (Phi) is 4.72. The molecule has 0 aromatic carbocycles. The van der Waals surface area contributed by atoms with Crippen LogP contribution in [0.1, 0.15) is 31.1 Å². The van der Waals surface area contributed by atoms with Gasteiger partial charge in [0.25, 0.3) is 5.91 Å². The van der Waals surface area contributed by atoms with Gasteiger partial charge in [0, 0.05) is 11.7 Å². The summed E-state index contributed by atoms with van der Waals surface area (Å²) in [7, 11) is 0. The Balaban J connectivity index is 2.61. The lowest BCUT2D eigenvalue weighted by Crippen LogP contribution is -2.45. The normalized spacial score (nSPS) is 10.9. The Morgan fingerprint density at radius 1 is 1.42 bits per heavy atom. The highest BCUT2D eigenvalue weighted by atomic mass is 35.5. The highest BCUT2D eigenvalue weighted by molar-refractivity contribution is 6.33. The smallest absolute Gasteiger partial charge is 0.253 e. The number of nitrogens with zero attached hydrogens (tertiary/aromatic N) is 1. The van der Waals surface area contributed by atoms with Crippen molar-refractivity contribution in [2.45, 2.75) is 26.3 Å². The number of carbonyl (C=O) groups excluding carboxylic acids is 2. The van der Waals surface area contributed by atoms with Crippen molar-refractivity contribution in [3.63, 3.8) is 0 Å². The molecular formula is C12H17ClN4O2. The van der Waals surface area contributed by atoms with Gasteiger partial charge in [-0.2, -0.15) is 0 Å². The van der Waals surface area contributed by atoms with Crippen LogP contribution in [0, 0.1) is 0 Å². The molecule has 6 nitrogen and oxygen atoms in total. The maximum atomic E-state index is 11.8. The molecule has 2 amide bonds. The van der Waals surface area contributed by atoms with Crippen LogP contribution in [0.15, 0.2) is 12.3 Å². The van der Waals surface area contributed by atoms with Crippen LogP contribution in [0.4, 0.5) is 5.82 Å². The zero-order chi connectivity index (χ0) is 14.6. The van der Waals surface area contributed by atoms with Gasteiger partial charge in [-0.25, -0.2) is 4.98 Å². The number of aromatic nitrogens is 1. The zero-order valence-electron chi connectivity index (χ0n) is 11.1. The van der Waals surface area contributed by atoms with Crippen molar-refractivity contribution in [3.05, 3.63) is 22.8 Å². The highest BCUT2D eigenvalue weighted by Gasteiger charge is 2.16. The summed E-state index contributed by atoms with van der Waals surface area (Å²) < 4.78 is 0. The Morgan fingerprint density at radius 3 is 2.63 bits per heavy atom. The van der Waals surface area contributed by atoms with Gasteiger partial charge in [0.2, 0.25) is 5.91 Å². The molecule has 1 aromatic heterocycles. The summed E-state index contributed by atoms with van der Waals surface area (Å²) in [5.74, 6) is -0.559. The molecule has 0 aliphatic rings. The van der Waals surface area contributed by atoms with E-state index in [0.29, 0.717) is 0 Å². The zero-order valence-corrected chi connectivity index (χ0v) is 11.8. The number of anilines is 1. The molecule has 0 aliphatic heterocycles. The standard InChI is InChI=1S/C12H17ClN4O2/c1-12(2,3)17-10(18)6-16-11(19)7-4-9(14)15-5-8(7)13/h4-5H,6H2,1-3H3,(H2,14,15)(H,16,19)(H,17,18). The second-order valence-electron chi connectivity index (χ2n) is 5.07. The lowest BCUT2D eigenvalue weighted by Gasteiger charge is -2.20. The first-order valence-corrected chi connectivity index (χ1v) is 6.07. The van der Waals surface area contributed by atoms with Gasteiger partial charge in [-0.15, -0.1) is 0 Å². The van der Waals surface area contributed by atoms with E-state index in [1.807, 2.05) is 20.8 Å². The summed E-state index contributed by atoms with van der Waals surface area (Å²) in [6.07, 6.45) is 1.29. The topological polar surface area (TPSA) is 97.1 Å². The van der Waals surface area contributed by atoms with E-state index < -0.39 is 5.91 Å². The number of hydrogen-bond donors (Lipinski definition) is 3. The van der Waals surface area contributed by atoms with Gasteiger partial charge in [-0.3, -0.25) is 9.59 Å². The molecule has 0 unspecified atom stereocenters. The van der Waals surface area contributed by atoms with E-state index in [-0.39, 0.29) is 34.4 Å². The van der Waals surface area contributed by atoms with Crippen LogP contribution >= 0.6 is 11.6 Å². The first-order valence-electron chi connectivity index (χ1n) is 5.69. The second kappa shape index (κ2) is 5.88. The van der Waals surface area contributed by atoms with Gasteiger partial charge in [0.1, 0.15) is 5.82 Å². The monoisotopic (exact) mass is 284 g/mol. The molecule has 19 heavy (non-hydrogen) atoms. The quantitative estimate of drug-likeness (QED) is 0.770. The molecule has 0 saturated carbocycles. The van der Waals surface area contributed by atoms with Crippen molar-refractivity contribution < 1.29 is 9.59 Å². The maximum Gasteiger partial charge on any atom is 0.253 e. The van der Waals surface area contributed by atoms with Crippen LogP contribution in [-0.2, 0) is 4.79 Å². The summed E-state index contributed by atoms with van der Waals surface area (Å²) in [4.78, 5) is 27.1. The van der Waals surface area contributed by atoms with Crippen LogP contribution in [0.5, 0.6) is 0 Å². The second-order valence-corrected chi connectivity index (χ2v) is 5.48. The molecule has 0 aliphatic carbocycles. The third kappa shape index (κ3) is 5.13. The van der Waals surface area contributed by atoms with E-state index in [9.17, 15) is 9.59 Å². The molecule has 1 aromatic rings. The van der Waals surface area contributed by atoms with E-state index in [4.69, 9.17) is 17.3 Å². The number of pyridine rings is 1. The molecule has 0 fully saturated rings. The minimum absolute atomic E-state index is 0.130. The van der Waals surface area contributed by atoms with Crippen molar-refractivity contribution in [2.24, 2.45) is 0 Å². The van der Waals surface area contributed by atoms with Gasteiger partial charge >= 0.3 is 0 Å². The average Bonchev–Trinajstić information content (AvgIpc) is 2.27. The Bertz CT molecular complexity index is 497. The molecule has 0 atom stereocenters. The number of carbonyl (C=O) groups is 2. The number of rotatable bonds is 3. The Labute approximate surface area is 116 Å².